The number of benzene rings is 1. The van der Waals surface area contributed by atoms with Gasteiger partial charge in [0.2, 0.25) is 10.0 Å². The molecule has 1 aliphatic rings. The molecule has 0 radical (unpaired) electrons. The predicted molar refractivity (Wildman–Crippen MR) is 103 cm³/mol. The second-order valence-electron chi connectivity index (χ2n) is 6.81. The number of aromatic nitrogens is 1. The van der Waals surface area contributed by atoms with Gasteiger partial charge in [-0.05, 0) is 69.3 Å². The van der Waals surface area contributed by atoms with Crippen molar-refractivity contribution in [1.82, 2.24) is 9.71 Å². The van der Waals surface area contributed by atoms with Gasteiger partial charge in [-0.3, -0.25) is 10.1 Å². The molecule has 26 heavy (non-hydrogen) atoms. The minimum Gasteiger partial charge on any atom is -0.298 e. The molecule has 140 valence electrons. The molecular weight excluding hydrogens is 370 g/mol. The Kier molecular flexibility index (Phi) is 5.18. The highest BCUT2D eigenvalue weighted by Gasteiger charge is 2.22. The summed E-state index contributed by atoms with van der Waals surface area (Å²) in [6, 6.07) is 3.12. The lowest BCUT2D eigenvalue weighted by atomic mass is 9.93. The molecule has 0 aliphatic heterocycles. The first-order valence-electron chi connectivity index (χ1n) is 8.56. The number of hydrogen-bond donors (Lipinski definition) is 2. The monoisotopic (exact) mass is 393 g/mol. The average molecular weight is 394 g/mol. The first kappa shape index (κ1) is 19.0. The molecule has 8 heteroatoms. The first-order chi connectivity index (χ1) is 12.2. The van der Waals surface area contributed by atoms with E-state index in [0.29, 0.717) is 22.2 Å². The zero-order valence-electron chi connectivity index (χ0n) is 15.3. The molecular formula is C18H23N3O3S2. The van der Waals surface area contributed by atoms with E-state index in [1.807, 2.05) is 0 Å². The first-order valence-corrected chi connectivity index (χ1v) is 10.9. The number of aryl methyl sites for hydroxylation is 2. The van der Waals surface area contributed by atoms with Crippen molar-refractivity contribution in [2.45, 2.75) is 44.9 Å². The highest BCUT2D eigenvalue weighted by atomic mass is 32.2. The molecule has 0 spiro atoms. The fourth-order valence-corrected chi connectivity index (χ4v) is 5.34. The molecule has 0 saturated heterocycles. The Morgan fingerprint density at radius 1 is 1.31 bits per heavy atom. The van der Waals surface area contributed by atoms with Crippen molar-refractivity contribution in [3.05, 3.63) is 39.4 Å². The molecule has 2 N–H and O–H groups in total. The molecule has 0 fully saturated rings. The summed E-state index contributed by atoms with van der Waals surface area (Å²) in [6.07, 6.45) is 3.06. The Hall–Kier alpha value is -1.77. The molecule has 0 bridgehead atoms. The molecule has 1 aromatic heterocycles. The number of amides is 1. The maximum Gasteiger partial charge on any atom is 0.257 e. The Labute approximate surface area is 158 Å². The van der Waals surface area contributed by atoms with E-state index in [0.717, 1.165) is 30.5 Å². The number of fused-ring (bicyclic) bond motifs is 1. The standard InChI is InChI=1S/C18H23N3O3S2/c1-10-5-6-14-15(7-10)25-18(20-14)21-17(22)13-8-11(2)12(3)16(9-13)26(23,24)19-4/h8-10,19H,5-7H2,1-4H3,(H,20,21,22). The van der Waals surface area contributed by atoms with E-state index in [2.05, 4.69) is 21.9 Å². The second-order valence-corrected chi connectivity index (χ2v) is 9.75. The van der Waals surface area contributed by atoms with Crippen LogP contribution in [0, 0.1) is 19.8 Å². The smallest absolute Gasteiger partial charge is 0.257 e. The average Bonchev–Trinajstić information content (AvgIpc) is 2.98. The van der Waals surface area contributed by atoms with Gasteiger partial charge in [0, 0.05) is 10.4 Å². The van der Waals surface area contributed by atoms with Crippen LogP contribution >= 0.6 is 11.3 Å². The van der Waals surface area contributed by atoms with Gasteiger partial charge in [-0.15, -0.1) is 11.3 Å². The van der Waals surface area contributed by atoms with Gasteiger partial charge >= 0.3 is 0 Å². The maximum absolute atomic E-state index is 12.7. The van der Waals surface area contributed by atoms with Crippen molar-refractivity contribution in [3.8, 4) is 0 Å². The normalized spacial score (nSPS) is 17.0. The Bertz CT molecular complexity index is 964. The van der Waals surface area contributed by atoms with Crippen LogP contribution in [0.25, 0.3) is 0 Å². The molecule has 1 atom stereocenters. The molecule has 3 rings (SSSR count). The molecule has 6 nitrogen and oxygen atoms in total. The lowest BCUT2D eigenvalue weighted by Gasteiger charge is -2.15. The summed E-state index contributed by atoms with van der Waals surface area (Å²) in [4.78, 5) is 18.6. The van der Waals surface area contributed by atoms with Gasteiger partial charge in [0.1, 0.15) is 0 Å². The summed E-state index contributed by atoms with van der Waals surface area (Å²) in [6.45, 7) is 5.75. The van der Waals surface area contributed by atoms with Crippen molar-refractivity contribution in [2.75, 3.05) is 12.4 Å². The number of anilines is 1. The number of nitrogens with zero attached hydrogens (tertiary/aromatic N) is 1. The summed E-state index contributed by atoms with van der Waals surface area (Å²) < 4.78 is 26.7. The fraction of sp³-hybridized carbons (Fsp3) is 0.444. The van der Waals surface area contributed by atoms with Crippen LogP contribution in [0.1, 0.15) is 45.4 Å². The zero-order chi connectivity index (χ0) is 19.1. The SMILES string of the molecule is CNS(=O)(=O)c1cc(C(=O)Nc2nc3c(s2)CC(C)CC3)cc(C)c1C. The molecule has 1 unspecified atom stereocenters. The van der Waals surface area contributed by atoms with Crippen LogP contribution < -0.4 is 10.0 Å². The number of thiazole rings is 1. The molecule has 2 aromatic rings. The summed E-state index contributed by atoms with van der Waals surface area (Å²) in [7, 11) is -2.27. The van der Waals surface area contributed by atoms with Gasteiger partial charge in [-0.2, -0.15) is 0 Å². The Morgan fingerprint density at radius 3 is 2.73 bits per heavy atom. The number of nitrogens with one attached hydrogen (secondary N) is 2. The van der Waals surface area contributed by atoms with Crippen molar-refractivity contribution in [1.29, 1.82) is 0 Å². The molecule has 1 heterocycles. The molecule has 0 saturated carbocycles. The van der Waals surface area contributed by atoms with E-state index >= 15 is 0 Å². The van der Waals surface area contributed by atoms with E-state index in [4.69, 9.17) is 0 Å². The highest BCUT2D eigenvalue weighted by Crippen LogP contribution is 2.32. The number of carbonyl (C=O) groups excluding carboxylic acids is 1. The number of carbonyl (C=O) groups is 1. The van der Waals surface area contributed by atoms with Crippen molar-refractivity contribution in [3.63, 3.8) is 0 Å². The van der Waals surface area contributed by atoms with Crippen LogP contribution in [0.4, 0.5) is 5.13 Å². The van der Waals surface area contributed by atoms with Gasteiger partial charge in [0.25, 0.3) is 5.91 Å². The van der Waals surface area contributed by atoms with E-state index in [9.17, 15) is 13.2 Å². The number of sulfonamides is 1. The van der Waals surface area contributed by atoms with Crippen molar-refractivity contribution in [2.24, 2.45) is 5.92 Å². The zero-order valence-corrected chi connectivity index (χ0v) is 17.0. The topological polar surface area (TPSA) is 88.2 Å². The Balaban J connectivity index is 1.89. The molecule has 1 aromatic carbocycles. The van der Waals surface area contributed by atoms with Gasteiger partial charge in [0.05, 0.1) is 10.6 Å². The van der Waals surface area contributed by atoms with E-state index in [-0.39, 0.29) is 10.8 Å². The summed E-state index contributed by atoms with van der Waals surface area (Å²) in [5, 5.41) is 3.40. The lowest BCUT2D eigenvalue weighted by molar-refractivity contribution is 0.102. The minimum absolute atomic E-state index is 0.123. The molecule has 1 aliphatic carbocycles. The molecule has 1 amide bonds. The van der Waals surface area contributed by atoms with Crippen molar-refractivity contribution >= 4 is 32.4 Å². The quantitative estimate of drug-likeness (QED) is 0.836. The predicted octanol–water partition coefficient (Wildman–Crippen LogP) is 3.05. The van der Waals surface area contributed by atoms with Crippen LogP contribution in [-0.2, 0) is 22.9 Å². The number of hydrogen-bond acceptors (Lipinski definition) is 5. The van der Waals surface area contributed by atoms with Gasteiger partial charge in [-0.25, -0.2) is 18.1 Å². The maximum atomic E-state index is 12.7. The van der Waals surface area contributed by atoms with Gasteiger partial charge in [0.15, 0.2) is 5.13 Å². The van der Waals surface area contributed by atoms with Crippen LogP contribution in [0.2, 0.25) is 0 Å². The van der Waals surface area contributed by atoms with Crippen LogP contribution in [-0.4, -0.2) is 26.4 Å². The largest absolute Gasteiger partial charge is 0.298 e. The van der Waals surface area contributed by atoms with Crippen molar-refractivity contribution < 1.29 is 13.2 Å². The fourth-order valence-electron chi connectivity index (χ4n) is 3.11. The third-order valence-corrected chi connectivity index (χ3v) is 7.42. The number of rotatable bonds is 4. The highest BCUT2D eigenvalue weighted by molar-refractivity contribution is 7.89. The minimum atomic E-state index is -3.63. The summed E-state index contributed by atoms with van der Waals surface area (Å²) in [5.74, 6) is 0.292. The lowest BCUT2D eigenvalue weighted by Crippen LogP contribution is -2.21. The van der Waals surface area contributed by atoms with Crippen LogP contribution in [0.5, 0.6) is 0 Å². The van der Waals surface area contributed by atoms with Gasteiger partial charge < -0.3 is 0 Å². The van der Waals surface area contributed by atoms with E-state index in [1.54, 1.807) is 19.9 Å². The third-order valence-electron chi connectivity index (χ3n) is 4.85. The van der Waals surface area contributed by atoms with Crippen LogP contribution in [0.3, 0.4) is 0 Å². The second kappa shape index (κ2) is 7.09. The van der Waals surface area contributed by atoms with Gasteiger partial charge in [-0.1, -0.05) is 6.92 Å². The summed E-state index contributed by atoms with van der Waals surface area (Å²) >= 11 is 1.51. The van der Waals surface area contributed by atoms with E-state index < -0.39 is 10.0 Å². The Morgan fingerprint density at radius 2 is 2.04 bits per heavy atom. The summed E-state index contributed by atoms with van der Waals surface area (Å²) in [5.41, 5.74) is 2.76. The third kappa shape index (κ3) is 3.67. The van der Waals surface area contributed by atoms with Crippen LogP contribution in [0.15, 0.2) is 17.0 Å². The van der Waals surface area contributed by atoms with E-state index in [1.165, 1.54) is 29.3 Å².